The van der Waals surface area contributed by atoms with E-state index in [-0.39, 0.29) is 6.10 Å². The molecule has 0 spiro atoms. The molecule has 2 aromatic rings. The van der Waals surface area contributed by atoms with Gasteiger partial charge in [-0.05, 0) is 37.3 Å². The monoisotopic (exact) mass is 326 g/mol. The van der Waals surface area contributed by atoms with Crippen LogP contribution in [-0.4, -0.2) is 43.6 Å². The molecular weight excluding hydrogens is 304 g/mol. The van der Waals surface area contributed by atoms with Crippen molar-refractivity contribution in [3.63, 3.8) is 0 Å². The van der Waals surface area contributed by atoms with Gasteiger partial charge in [0.1, 0.15) is 11.6 Å². The van der Waals surface area contributed by atoms with Crippen molar-refractivity contribution in [3.05, 3.63) is 47.7 Å². The quantitative estimate of drug-likeness (QED) is 0.628. The largest absolute Gasteiger partial charge is 0.494 e. The van der Waals surface area contributed by atoms with Gasteiger partial charge >= 0.3 is 0 Å². The smallest absolute Gasteiger partial charge is 0.129 e. The van der Waals surface area contributed by atoms with E-state index in [0.717, 1.165) is 24.5 Å². The first-order valence-corrected chi connectivity index (χ1v) is 7.97. The Bertz CT molecular complexity index is 742. The fourth-order valence-electron chi connectivity index (χ4n) is 2.68. The maximum Gasteiger partial charge on any atom is 0.129 e. The first kappa shape index (κ1) is 16.3. The van der Waals surface area contributed by atoms with Gasteiger partial charge in [0.15, 0.2) is 0 Å². The van der Waals surface area contributed by atoms with Gasteiger partial charge in [-0.25, -0.2) is 4.98 Å². The zero-order chi connectivity index (χ0) is 17.1. The zero-order valence-electron chi connectivity index (χ0n) is 14.0. The molecule has 3 rings (SSSR count). The first-order valence-electron chi connectivity index (χ1n) is 7.97. The molecule has 0 unspecified atom stereocenters. The molecule has 0 saturated carbocycles. The predicted octanol–water partition coefficient (Wildman–Crippen LogP) is 2.31. The molecule has 1 aromatic carbocycles. The van der Waals surface area contributed by atoms with Crippen LogP contribution in [0.15, 0.2) is 36.5 Å². The Kier molecular flexibility index (Phi) is 4.66. The summed E-state index contributed by atoms with van der Waals surface area (Å²) >= 11 is 0. The van der Waals surface area contributed by atoms with Gasteiger partial charge in [-0.2, -0.15) is 0 Å². The Morgan fingerprint density at radius 1 is 1.33 bits per heavy atom. The van der Waals surface area contributed by atoms with E-state index in [1.54, 1.807) is 19.4 Å². The molecule has 1 aliphatic heterocycles. The number of anilines is 2. The fourth-order valence-corrected chi connectivity index (χ4v) is 2.68. The highest BCUT2D eigenvalue weighted by molar-refractivity contribution is 6.14. The van der Waals surface area contributed by atoms with Crippen LogP contribution in [0.25, 0.3) is 0 Å². The highest BCUT2D eigenvalue weighted by Gasteiger charge is 2.27. The summed E-state index contributed by atoms with van der Waals surface area (Å²) in [6.45, 7) is 4.15. The van der Waals surface area contributed by atoms with Crippen LogP contribution in [-0.2, 0) is 4.74 Å². The van der Waals surface area contributed by atoms with Crippen molar-refractivity contribution in [1.82, 2.24) is 4.98 Å². The Morgan fingerprint density at radius 2 is 2.12 bits per heavy atom. The Balaban J connectivity index is 1.84. The minimum Gasteiger partial charge on any atom is -0.494 e. The summed E-state index contributed by atoms with van der Waals surface area (Å²) in [5.41, 5.74) is 8.42. The van der Waals surface area contributed by atoms with E-state index in [1.165, 1.54) is 0 Å². The van der Waals surface area contributed by atoms with Gasteiger partial charge in [-0.3, -0.25) is 5.41 Å². The van der Waals surface area contributed by atoms with E-state index in [4.69, 9.17) is 20.6 Å². The molecule has 1 fully saturated rings. The molecule has 6 nitrogen and oxygen atoms in total. The molecule has 24 heavy (non-hydrogen) atoms. The number of rotatable bonds is 6. The number of nitrogens with one attached hydrogen (secondary N) is 1. The minimum absolute atomic E-state index is 0.258. The normalized spacial score (nSPS) is 14.3. The van der Waals surface area contributed by atoms with Crippen molar-refractivity contribution < 1.29 is 9.47 Å². The molecule has 0 amide bonds. The fraction of sp³-hybridized carbons (Fsp3) is 0.333. The van der Waals surface area contributed by atoms with Crippen molar-refractivity contribution in [2.24, 2.45) is 0 Å². The van der Waals surface area contributed by atoms with Crippen LogP contribution in [0, 0.1) is 5.41 Å². The van der Waals surface area contributed by atoms with E-state index in [9.17, 15) is 0 Å². The maximum absolute atomic E-state index is 8.52. The summed E-state index contributed by atoms with van der Waals surface area (Å²) in [7, 11) is 1.72. The van der Waals surface area contributed by atoms with Gasteiger partial charge in [0.05, 0.1) is 18.4 Å². The van der Waals surface area contributed by atoms with Crippen molar-refractivity contribution >= 4 is 17.2 Å². The number of hydrogen-bond donors (Lipinski definition) is 2. The van der Waals surface area contributed by atoms with Crippen molar-refractivity contribution in [1.29, 1.82) is 5.41 Å². The lowest BCUT2D eigenvalue weighted by atomic mass is 10.0. The van der Waals surface area contributed by atoms with E-state index in [1.807, 2.05) is 31.2 Å². The molecule has 2 heterocycles. The second kappa shape index (κ2) is 6.88. The standard InChI is InChI=1S/C18H22N4O2/c1-3-24-13-4-5-16(19)15(9-13)18(20)12-6-7-21-17(8-12)22-10-14(11-22)23-2/h4-9,14,20H,3,10-11,19H2,1-2H3. The van der Waals surface area contributed by atoms with Gasteiger partial charge in [0, 0.05) is 43.2 Å². The van der Waals surface area contributed by atoms with Crippen LogP contribution in [0.4, 0.5) is 11.5 Å². The number of hydrogen-bond acceptors (Lipinski definition) is 6. The van der Waals surface area contributed by atoms with E-state index < -0.39 is 0 Å². The van der Waals surface area contributed by atoms with Gasteiger partial charge in [-0.1, -0.05) is 0 Å². The topological polar surface area (TPSA) is 84.5 Å². The van der Waals surface area contributed by atoms with Crippen LogP contribution in [0.5, 0.6) is 5.75 Å². The second-order valence-corrected chi connectivity index (χ2v) is 5.72. The van der Waals surface area contributed by atoms with Crippen molar-refractivity contribution in [3.8, 4) is 5.75 Å². The van der Waals surface area contributed by atoms with Crippen LogP contribution < -0.4 is 15.4 Å². The zero-order valence-corrected chi connectivity index (χ0v) is 14.0. The third-order valence-corrected chi connectivity index (χ3v) is 4.14. The number of methoxy groups -OCH3 is 1. The van der Waals surface area contributed by atoms with Crippen LogP contribution in [0.2, 0.25) is 0 Å². The molecule has 0 bridgehead atoms. The Labute approximate surface area is 141 Å². The molecule has 1 saturated heterocycles. The van der Waals surface area contributed by atoms with Gasteiger partial charge < -0.3 is 20.1 Å². The number of nitrogen functional groups attached to an aromatic ring is 1. The van der Waals surface area contributed by atoms with Crippen LogP contribution in [0.1, 0.15) is 18.1 Å². The Morgan fingerprint density at radius 3 is 2.83 bits per heavy atom. The summed E-state index contributed by atoms with van der Waals surface area (Å²) in [5.74, 6) is 1.57. The highest BCUT2D eigenvalue weighted by Crippen LogP contribution is 2.25. The molecule has 1 aromatic heterocycles. The van der Waals surface area contributed by atoms with Gasteiger partial charge in [0.25, 0.3) is 0 Å². The average Bonchev–Trinajstić information content (AvgIpc) is 2.55. The third kappa shape index (κ3) is 3.19. The third-order valence-electron chi connectivity index (χ3n) is 4.14. The lowest BCUT2D eigenvalue weighted by molar-refractivity contribution is 0.0783. The maximum atomic E-state index is 8.52. The van der Waals surface area contributed by atoms with E-state index >= 15 is 0 Å². The molecule has 0 radical (unpaired) electrons. The minimum atomic E-state index is 0.258. The predicted molar refractivity (Wildman–Crippen MR) is 95.2 cm³/mol. The van der Waals surface area contributed by atoms with Crippen molar-refractivity contribution in [2.45, 2.75) is 13.0 Å². The number of ether oxygens (including phenoxy) is 2. The summed E-state index contributed by atoms with van der Waals surface area (Å²) in [6, 6.07) is 9.15. The second-order valence-electron chi connectivity index (χ2n) is 5.72. The van der Waals surface area contributed by atoms with Crippen LogP contribution >= 0.6 is 0 Å². The molecule has 0 aliphatic carbocycles. The molecule has 6 heteroatoms. The highest BCUT2D eigenvalue weighted by atomic mass is 16.5. The summed E-state index contributed by atoms with van der Waals surface area (Å²) in [4.78, 5) is 6.52. The van der Waals surface area contributed by atoms with Crippen LogP contribution in [0.3, 0.4) is 0 Å². The van der Waals surface area contributed by atoms with Crippen molar-refractivity contribution in [2.75, 3.05) is 37.4 Å². The van der Waals surface area contributed by atoms with E-state index in [2.05, 4.69) is 9.88 Å². The summed E-state index contributed by atoms with van der Waals surface area (Å²) in [5, 5.41) is 8.52. The number of nitrogens with two attached hydrogens (primary N) is 1. The SMILES string of the molecule is CCOc1ccc(N)c(C(=N)c2ccnc(N3CC(OC)C3)c2)c1. The van der Waals surface area contributed by atoms with Gasteiger partial charge in [-0.15, -0.1) is 0 Å². The number of benzene rings is 1. The molecule has 1 aliphatic rings. The summed E-state index contributed by atoms with van der Waals surface area (Å²) in [6.07, 6.45) is 1.98. The average molecular weight is 326 g/mol. The lowest BCUT2D eigenvalue weighted by Gasteiger charge is -2.39. The van der Waals surface area contributed by atoms with Gasteiger partial charge in [0.2, 0.25) is 0 Å². The number of pyridine rings is 1. The van der Waals surface area contributed by atoms with E-state index in [0.29, 0.717) is 29.3 Å². The number of nitrogens with zero attached hydrogens (tertiary/aromatic N) is 2. The molecule has 0 atom stereocenters. The molecule has 3 N–H and O–H groups in total. The lowest BCUT2D eigenvalue weighted by Crippen LogP contribution is -2.52. The number of aromatic nitrogens is 1. The molecular formula is C18H22N4O2. The first-order chi connectivity index (χ1) is 11.6. The Hall–Kier alpha value is -2.60. The molecule has 126 valence electrons. The summed E-state index contributed by atoms with van der Waals surface area (Å²) < 4.78 is 10.8.